The average molecular weight is 501 g/mol. The van der Waals surface area contributed by atoms with Crippen LogP contribution in [0, 0.1) is 0 Å². The molecule has 2 aliphatic heterocycles. The van der Waals surface area contributed by atoms with Crippen LogP contribution in [0.5, 0.6) is 11.5 Å². The van der Waals surface area contributed by atoms with Crippen molar-refractivity contribution in [3.63, 3.8) is 0 Å². The maximum Gasteiger partial charge on any atom is 0.573 e. The second-order valence-corrected chi connectivity index (χ2v) is 10.9. The zero-order chi connectivity index (χ0) is 23.8. The van der Waals surface area contributed by atoms with Crippen LogP contribution in [0.2, 0.25) is 0 Å². The fraction of sp³-hybridized carbons (Fsp3) is 0.333. The number of amidine groups is 1. The number of hydrogen-bond donors (Lipinski definition) is 0. The maximum absolute atomic E-state index is 12.6. The highest BCUT2D eigenvalue weighted by Crippen LogP contribution is 2.41. The normalized spacial score (nSPS) is 22.9. The number of nitrogens with zero attached hydrogens (tertiary/aromatic N) is 2. The Bertz CT molecular complexity index is 1170. The molecule has 2 heterocycles. The Labute approximate surface area is 192 Å². The van der Waals surface area contributed by atoms with Crippen LogP contribution in [0.25, 0.3) is 0 Å². The summed E-state index contributed by atoms with van der Waals surface area (Å²) in [5.74, 6) is -0.353. The Morgan fingerprint density at radius 1 is 1.09 bits per heavy atom. The topological polar surface area (TPSA) is 85.3 Å². The van der Waals surface area contributed by atoms with Crippen molar-refractivity contribution in [3.8, 4) is 11.5 Å². The lowest BCUT2D eigenvalue weighted by Gasteiger charge is -2.24. The molecule has 0 bridgehead atoms. The lowest BCUT2D eigenvalue weighted by Crippen LogP contribution is -2.37. The van der Waals surface area contributed by atoms with E-state index < -0.39 is 33.9 Å². The monoisotopic (exact) mass is 500 g/mol. The van der Waals surface area contributed by atoms with E-state index in [1.165, 1.54) is 31.0 Å². The highest BCUT2D eigenvalue weighted by Gasteiger charge is 2.49. The van der Waals surface area contributed by atoms with Crippen LogP contribution >= 0.6 is 11.8 Å². The van der Waals surface area contributed by atoms with Crippen molar-refractivity contribution in [2.24, 2.45) is 4.99 Å². The molecular formula is C21H19F3N2O5S2. The Balaban J connectivity index is 1.58. The van der Waals surface area contributed by atoms with E-state index in [1.54, 1.807) is 29.2 Å². The first-order chi connectivity index (χ1) is 15.5. The summed E-state index contributed by atoms with van der Waals surface area (Å²) in [4.78, 5) is 18.5. The number of methoxy groups -OCH3 is 1. The number of benzene rings is 2. The minimum Gasteiger partial charge on any atom is -0.497 e. The second-order valence-electron chi connectivity index (χ2n) is 7.53. The van der Waals surface area contributed by atoms with Gasteiger partial charge in [0.05, 0.1) is 31.1 Å². The average Bonchev–Trinajstić information content (AvgIpc) is 3.18. The molecule has 2 aromatic rings. The molecule has 2 aromatic carbocycles. The predicted octanol–water partition coefficient (Wildman–Crippen LogP) is 3.44. The molecule has 7 nitrogen and oxygen atoms in total. The summed E-state index contributed by atoms with van der Waals surface area (Å²) >= 11 is 1.19. The molecule has 0 N–H and O–H groups in total. The SMILES string of the molecule is COc1ccc(CC(=O)N=C2S[C@H]3CS(=O)(=O)C[C@@H]3N2c2ccc(OC(F)(F)F)cc2)cc1. The summed E-state index contributed by atoms with van der Waals surface area (Å²) in [5.41, 5.74) is 1.16. The second kappa shape index (κ2) is 8.90. The molecule has 4 rings (SSSR count). The van der Waals surface area contributed by atoms with Crippen LogP contribution < -0.4 is 14.4 Å². The van der Waals surface area contributed by atoms with E-state index >= 15 is 0 Å². The van der Waals surface area contributed by atoms with E-state index in [9.17, 15) is 26.4 Å². The Hall–Kier alpha value is -2.73. The third-order valence-corrected chi connectivity index (χ3v) is 8.36. The molecule has 2 fully saturated rings. The number of ether oxygens (including phenoxy) is 2. The number of carbonyl (C=O) groups is 1. The molecule has 0 aromatic heterocycles. The van der Waals surface area contributed by atoms with Crippen molar-refractivity contribution in [2.45, 2.75) is 24.1 Å². The van der Waals surface area contributed by atoms with Crippen molar-refractivity contribution in [1.82, 2.24) is 0 Å². The van der Waals surface area contributed by atoms with E-state index in [0.29, 0.717) is 16.6 Å². The molecule has 176 valence electrons. The Morgan fingerprint density at radius 2 is 1.73 bits per heavy atom. The third kappa shape index (κ3) is 5.61. The van der Waals surface area contributed by atoms with Gasteiger partial charge in [0.25, 0.3) is 5.91 Å². The summed E-state index contributed by atoms with van der Waals surface area (Å²) in [6.07, 6.45) is -4.79. The molecule has 0 spiro atoms. The van der Waals surface area contributed by atoms with Gasteiger partial charge in [0.1, 0.15) is 11.5 Å². The number of rotatable bonds is 5. The maximum atomic E-state index is 12.6. The quantitative estimate of drug-likeness (QED) is 0.622. The third-order valence-electron chi connectivity index (χ3n) is 5.15. The molecule has 2 saturated heterocycles. The van der Waals surface area contributed by atoms with Crippen LogP contribution in [-0.2, 0) is 21.1 Å². The van der Waals surface area contributed by atoms with Gasteiger partial charge in [0, 0.05) is 10.9 Å². The molecule has 0 aliphatic carbocycles. The number of anilines is 1. The van der Waals surface area contributed by atoms with E-state index in [0.717, 1.165) is 17.7 Å². The van der Waals surface area contributed by atoms with Crippen molar-refractivity contribution in [1.29, 1.82) is 0 Å². The van der Waals surface area contributed by atoms with Crippen molar-refractivity contribution < 1.29 is 35.9 Å². The van der Waals surface area contributed by atoms with Gasteiger partial charge in [-0.15, -0.1) is 13.2 Å². The Morgan fingerprint density at radius 3 is 2.33 bits per heavy atom. The van der Waals surface area contributed by atoms with Crippen molar-refractivity contribution >= 4 is 38.4 Å². The van der Waals surface area contributed by atoms with Gasteiger partial charge >= 0.3 is 6.36 Å². The number of alkyl halides is 3. The predicted molar refractivity (Wildman–Crippen MR) is 119 cm³/mol. The molecule has 0 radical (unpaired) electrons. The number of aliphatic imine (C=N–C) groups is 1. The molecule has 2 atom stereocenters. The first kappa shape index (κ1) is 23.4. The van der Waals surface area contributed by atoms with E-state index in [-0.39, 0.29) is 23.2 Å². The van der Waals surface area contributed by atoms with Crippen molar-refractivity contribution in [2.75, 3.05) is 23.5 Å². The smallest absolute Gasteiger partial charge is 0.497 e. The molecule has 0 saturated carbocycles. The molecule has 2 aliphatic rings. The van der Waals surface area contributed by atoms with Gasteiger partial charge in [-0.25, -0.2) is 8.42 Å². The zero-order valence-electron chi connectivity index (χ0n) is 17.3. The molecule has 12 heteroatoms. The molecule has 33 heavy (non-hydrogen) atoms. The first-order valence-corrected chi connectivity index (χ1v) is 12.5. The summed E-state index contributed by atoms with van der Waals surface area (Å²) in [6.45, 7) is 0. The number of fused-ring (bicyclic) bond motifs is 1. The number of carbonyl (C=O) groups excluding carboxylic acids is 1. The highest BCUT2D eigenvalue weighted by atomic mass is 32.2. The largest absolute Gasteiger partial charge is 0.573 e. The zero-order valence-corrected chi connectivity index (χ0v) is 18.9. The number of halogens is 3. The lowest BCUT2D eigenvalue weighted by atomic mass is 10.1. The van der Waals surface area contributed by atoms with Gasteiger partial charge in [0.2, 0.25) is 0 Å². The lowest BCUT2D eigenvalue weighted by molar-refractivity contribution is -0.274. The minimum atomic E-state index is -4.82. The molecule has 1 amide bonds. The molecular weight excluding hydrogens is 481 g/mol. The van der Waals surface area contributed by atoms with Gasteiger partial charge < -0.3 is 14.4 Å². The fourth-order valence-corrected chi connectivity index (χ4v) is 7.67. The van der Waals surface area contributed by atoms with Crippen LogP contribution in [0.4, 0.5) is 18.9 Å². The van der Waals surface area contributed by atoms with Crippen LogP contribution in [0.15, 0.2) is 53.5 Å². The fourth-order valence-electron chi connectivity index (χ4n) is 3.74. The van der Waals surface area contributed by atoms with E-state index in [4.69, 9.17) is 4.74 Å². The van der Waals surface area contributed by atoms with Gasteiger partial charge in [0.15, 0.2) is 15.0 Å². The summed E-state index contributed by atoms with van der Waals surface area (Å²) < 4.78 is 70.7. The number of hydrogen-bond acceptors (Lipinski definition) is 6. The van der Waals surface area contributed by atoms with Gasteiger partial charge in [-0.1, -0.05) is 23.9 Å². The minimum absolute atomic E-state index is 0.0356. The summed E-state index contributed by atoms with van der Waals surface area (Å²) in [6, 6.07) is 11.5. The number of sulfone groups is 1. The van der Waals surface area contributed by atoms with Gasteiger partial charge in [-0.05, 0) is 42.0 Å². The van der Waals surface area contributed by atoms with Crippen LogP contribution in [0.3, 0.4) is 0 Å². The Kier molecular flexibility index (Phi) is 6.32. The van der Waals surface area contributed by atoms with Gasteiger partial charge in [-0.3, -0.25) is 4.79 Å². The summed E-state index contributed by atoms with van der Waals surface area (Å²) in [5, 5.41) is -0.00320. The van der Waals surface area contributed by atoms with E-state index in [2.05, 4.69) is 9.73 Å². The summed E-state index contributed by atoms with van der Waals surface area (Å²) in [7, 11) is -1.73. The first-order valence-electron chi connectivity index (χ1n) is 9.79. The number of thioether (sulfide) groups is 1. The van der Waals surface area contributed by atoms with Gasteiger partial charge in [-0.2, -0.15) is 4.99 Å². The molecule has 0 unspecified atom stereocenters. The van der Waals surface area contributed by atoms with Crippen molar-refractivity contribution in [3.05, 3.63) is 54.1 Å². The van der Waals surface area contributed by atoms with E-state index in [1.807, 2.05) is 0 Å². The highest BCUT2D eigenvalue weighted by molar-refractivity contribution is 8.16. The van der Waals surface area contributed by atoms with Crippen LogP contribution in [0.1, 0.15) is 5.56 Å². The van der Waals surface area contributed by atoms with Crippen LogP contribution in [-0.4, -0.2) is 55.8 Å². The standard InChI is InChI=1S/C21H19F3N2O5S2/c1-30-15-6-2-13(3-7-15)10-19(27)25-20-26(17-11-33(28,29)12-18(17)32-20)14-4-8-16(9-5-14)31-21(22,23)24/h2-9,17-18H,10-12H2,1H3/t17-,18-/m0/s1. The number of amides is 1.